The number of fused-ring (bicyclic) bond motifs is 1. The molecule has 7 nitrogen and oxygen atoms in total. The Morgan fingerprint density at radius 1 is 1.00 bits per heavy atom. The SMILES string of the molecule is O=C(NCCc1ccccc1)C1CCN(C(=O)c2ncn3c2COC(c2ccccc2)C3)CC1. The minimum atomic E-state index is -0.0709. The van der Waals surface area contributed by atoms with Gasteiger partial charge in [0.2, 0.25) is 5.91 Å². The number of imidazole rings is 1. The molecule has 0 bridgehead atoms. The zero-order chi connectivity index (χ0) is 23.3. The summed E-state index contributed by atoms with van der Waals surface area (Å²) in [5.74, 6) is -0.0353. The predicted octanol–water partition coefficient (Wildman–Crippen LogP) is 3.37. The first-order valence-electron chi connectivity index (χ1n) is 12.0. The van der Waals surface area contributed by atoms with E-state index in [-0.39, 0.29) is 23.8 Å². The molecule has 2 aliphatic heterocycles. The Labute approximate surface area is 199 Å². The molecule has 2 amide bonds. The van der Waals surface area contributed by atoms with Gasteiger partial charge in [-0.2, -0.15) is 0 Å². The number of piperidine rings is 1. The van der Waals surface area contributed by atoms with E-state index >= 15 is 0 Å². The molecule has 1 fully saturated rings. The maximum absolute atomic E-state index is 13.2. The molecule has 2 aliphatic rings. The van der Waals surface area contributed by atoms with Crippen LogP contribution in [0, 0.1) is 5.92 Å². The molecule has 34 heavy (non-hydrogen) atoms. The number of ether oxygens (including phenoxy) is 1. The van der Waals surface area contributed by atoms with Crippen molar-refractivity contribution in [1.82, 2.24) is 19.8 Å². The largest absolute Gasteiger partial charge is 0.365 e. The first-order chi connectivity index (χ1) is 16.7. The lowest BCUT2D eigenvalue weighted by Crippen LogP contribution is -2.43. The normalized spacial score (nSPS) is 18.4. The van der Waals surface area contributed by atoms with E-state index < -0.39 is 0 Å². The summed E-state index contributed by atoms with van der Waals surface area (Å²) >= 11 is 0. The van der Waals surface area contributed by atoms with Crippen molar-refractivity contribution in [2.45, 2.75) is 38.5 Å². The van der Waals surface area contributed by atoms with E-state index in [0.29, 0.717) is 51.3 Å². The van der Waals surface area contributed by atoms with Crippen LogP contribution in [0.5, 0.6) is 0 Å². The number of aromatic nitrogens is 2. The Morgan fingerprint density at radius 2 is 1.71 bits per heavy atom. The Kier molecular flexibility index (Phi) is 6.72. The Morgan fingerprint density at radius 3 is 2.44 bits per heavy atom. The zero-order valence-electron chi connectivity index (χ0n) is 19.2. The zero-order valence-corrected chi connectivity index (χ0v) is 19.2. The van der Waals surface area contributed by atoms with Crippen LogP contribution < -0.4 is 5.32 Å². The van der Waals surface area contributed by atoms with Crippen LogP contribution in [0.15, 0.2) is 67.0 Å². The second kappa shape index (κ2) is 10.2. The van der Waals surface area contributed by atoms with Gasteiger partial charge >= 0.3 is 0 Å². The van der Waals surface area contributed by atoms with Gasteiger partial charge in [-0.05, 0) is 30.4 Å². The van der Waals surface area contributed by atoms with Crippen LogP contribution in [0.3, 0.4) is 0 Å². The molecule has 5 rings (SSSR count). The Balaban J connectivity index is 1.12. The monoisotopic (exact) mass is 458 g/mol. The fourth-order valence-corrected chi connectivity index (χ4v) is 4.79. The minimum absolute atomic E-state index is 0.0398. The van der Waals surface area contributed by atoms with Crippen molar-refractivity contribution in [1.29, 1.82) is 0 Å². The van der Waals surface area contributed by atoms with Crippen molar-refractivity contribution < 1.29 is 14.3 Å². The summed E-state index contributed by atoms with van der Waals surface area (Å²) in [6.07, 6.45) is 3.87. The summed E-state index contributed by atoms with van der Waals surface area (Å²) in [6, 6.07) is 20.3. The number of carbonyl (C=O) groups is 2. The third-order valence-corrected chi connectivity index (χ3v) is 6.81. The van der Waals surface area contributed by atoms with Crippen LogP contribution in [0.1, 0.15) is 46.3 Å². The fourth-order valence-electron chi connectivity index (χ4n) is 4.79. The molecular formula is C27H30N4O3. The first kappa shape index (κ1) is 22.3. The molecule has 0 radical (unpaired) electrons. The molecule has 3 aromatic rings. The fraction of sp³-hybridized carbons (Fsp3) is 0.370. The molecule has 176 valence electrons. The van der Waals surface area contributed by atoms with Crippen LogP contribution in [0.4, 0.5) is 0 Å². The number of hydrogen-bond acceptors (Lipinski definition) is 4. The van der Waals surface area contributed by atoms with Crippen LogP contribution in [-0.4, -0.2) is 45.9 Å². The third-order valence-electron chi connectivity index (χ3n) is 6.81. The van der Waals surface area contributed by atoms with Gasteiger partial charge in [-0.25, -0.2) is 4.98 Å². The molecule has 1 unspecified atom stereocenters. The van der Waals surface area contributed by atoms with Crippen molar-refractivity contribution in [2.75, 3.05) is 19.6 Å². The smallest absolute Gasteiger partial charge is 0.274 e. The highest BCUT2D eigenvalue weighted by Gasteiger charge is 2.32. The number of likely N-dealkylation sites (tertiary alicyclic amines) is 1. The van der Waals surface area contributed by atoms with Crippen molar-refractivity contribution in [2.24, 2.45) is 5.92 Å². The molecule has 3 heterocycles. The molecule has 1 saturated heterocycles. The lowest BCUT2D eigenvalue weighted by atomic mass is 9.95. The van der Waals surface area contributed by atoms with Gasteiger partial charge in [0.25, 0.3) is 5.91 Å². The number of nitrogens with zero attached hydrogens (tertiary/aromatic N) is 3. The standard InChI is InChI=1S/C27H30N4O3/c32-26(28-14-11-20-7-3-1-4-8-20)22-12-15-30(16-13-22)27(33)25-23-18-34-24(17-31(23)19-29-25)21-9-5-2-6-10-21/h1-10,19,22,24H,11-18H2,(H,28,32). The Bertz CT molecular complexity index is 1120. The average molecular weight is 459 g/mol. The highest BCUT2D eigenvalue weighted by atomic mass is 16.5. The van der Waals surface area contributed by atoms with E-state index in [1.807, 2.05) is 45.9 Å². The van der Waals surface area contributed by atoms with Crippen LogP contribution in [0.2, 0.25) is 0 Å². The van der Waals surface area contributed by atoms with E-state index in [1.165, 1.54) is 5.56 Å². The van der Waals surface area contributed by atoms with Gasteiger partial charge in [0.05, 0.1) is 25.2 Å². The van der Waals surface area contributed by atoms with Gasteiger partial charge in [-0.3, -0.25) is 9.59 Å². The van der Waals surface area contributed by atoms with E-state index in [9.17, 15) is 9.59 Å². The number of hydrogen-bond donors (Lipinski definition) is 1. The summed E-state index contributed by atoms with van der Waals surface area (Å²) in [5.41, 5.74) is 3.64. The highest BCUT2D eigenvalue weighted by Crippen LogP contribution is 2.28. The predicted molar refractivity (Wildman–Crippen MR) is 128 cm³/mol. The maximum Gasteiger partial charge on any atom is 0.274 e. The van der Waals surface area contributed by atoms with E-state index in [2.05, 4.69) is 34.6 Å². The molecular weight excluding hydrogens is 428 g/mol. The molecule has 7 heteroatoms. The molecule has 0 saturated carbocycles. The van der Waals surface area contributed by atoms with E-state index in [0.717, 1.165) is 17.7 Å². The number of rotatable bonds is 6. The second-order valence-corrected chi connectivity index (χ2v) is 9.00. The van der Waals surface area contributed by atoms with Crippen molar-refractivity contribution in [3.63, 3.8) is 0 Å². The molecule has 1 atom stereocenters. The summed E-state index contributed by atoms with van der Waals surface area (Å²) in [6.45, 7) is 2.77. The Hall–Kier alpha value is -3.45. The van der Waals surface area contributed by atoms with Gasteiger partial charge in [0.15, 0.2) is 5.69 Å². The lowest BCUT2D eigenvalue weighted by molar-refractivity contribution is -0.126. The van der Waals surface area contributed by atoms with Gasteiger partial charge in [0, 0.05) is 25.6 Å². The van der Waals surface area contributed by atoms with Crippen LogP contribution in [0.25, 0.3) is 0 Å². The molecule has 1 N–H and O–H groups in total. The van der Waals surface area contributed by atoms with Gasteiger partial charge in [-0.1, -0.05) is 60.7 Å². The minimum Gasteiger partial charge on any atom is -0.365 e. The molecule has 1 aromatic heterocycles. The molecule has 0 aliphatic carbocycles. The van der Waals surface area contributed by atoms with E-state index in [1.54, 1.807) is 6.33 Å². The van der Waals surface area contributed by atoms with Crippen LogP contribution in [-0.2, 0) is 29.1 Å². The van der Waals surface area contributed by atoms with Crippen LogP contribution >= 0.6 is 0 Å². The summed E-state index contributed by atoms with van der Waals surface area (Å²) in [5, 5.41) is 3.06. The summed E-state index contributed by atoms with van der Waals surface area (Å²) in [7, 11) is 0. The van der Waals surface area contributed by atoms with Gasteiger partial charge in [0.1, 0.15) is 6.10 Å². The second-order valence-electron chi connectivity index (χ2n) is 9.00. The van der Waals surface area contributed by atoms with Crippen molar-refractivity contribution >= 4 is 11.8 Å². The van der Waals surface area contributed by atoms with Crippen molar-refractivity contribution in [3.8, 4) is 0 Å². The van der Waals surface area contributed by atoms with Gasteiger partial charge < -0.3 is 19.5 Å². The van der Waals surface area contributed by atoms with E-state index in [4.69, 9.17) is 4.74 Å². The molecule has 0 spiro atoms. The highest BCUT2D eigenvalue weighted by molar-refractivity contribution is 5.93. The number of carbonyl (C=O) groups excluding carboxylic acids is 2. The average Bonchev–Trinajstić information content (AvgIpc) is 3.33. The van der Waals surface area contributed by atoms with Crippen molar-refractivity contribution in [3.05, 3.63) is 89.5 Å². The third kappa shape index (κ3) is 4.89. The lowest BCUT2D eigenvalue weighted by Gasteiger charge is -2.31. The number of benzene rings is 2. The number of amides is 2. The topological polar surface area (TPSA) is 76.5 Å². The maximum atomic E-state index is 13.2. The number of nitrogens with one attached hydrogen (secondary N) is 1. The van der Waals surface area contributed by atoms with Gasteiger partial charge in [-0.15, -0.1) is 0 Å². The molecule has 2 aromatic carbocycles. The summed E-state index contributed by atoms with van der Waals surface area (Å²) < 4.78 is 8.09. The quantitative estimate of drug-likeness (QED) is 0.615. The summed E-state index contributed by atoms with van der Waals surface area (Å²) in [4.78, 5) is 32.0. The first-order valence-corrected chi connectivity index (χ1v) is 12.0.